The summed E-state index contributed by atoms with van der Waals surface area (Å²) in [6, 6.07) is 0. The summed E-state index contributed by atoms with van der Waals surface area (Å²) < 4.78 is 20.5. The van der Waals surface area contributed by atoms with Crippen LogP contribution in [0, 0.1) is 0 Å². The molecule has 9 N–H and O–H groups in total. The molecule has 0 heterocycles. The monoisotopic (exact) mass is 238 g/mol. The van der Waals surface area contributed by atoms with Crippen molar-refractivity contribution in [1.29, 1.82) is 0 Å². The normalized spacial score (nSPS) is 12.3. The number of hydrogen-bond acceptors (Lipinski definition) is 5. The van der Waals surface area contributed by atoms with Gasteiger partial charge in [0.15, 0.2) is 5.40 Å². The maximum Gasteiger partial charge on any atom is 0.343 e. The summed E-state index contributed by atoms with van der Waals surface area (Å²) >= 11 is 0. The first-order chi connectivity index (χ1) is 5.69. The van der Waals surface area contributed by atoms with E-state index in [2.05, 4.69) is 11.7 Å². The average Bonchev–Trinajstić information content (AvgIpc) is 1.86. The molecular formula is C2H12N2O7P2. The fourth-order valence-corrected chi connectivity index (χ4v) is 2.40. The second-order valence-electron chi connectivity index (χ2n) is 1.84. The molecule has 11 heteroatoms. The Morgan fingerprint density at radius 3 is 1.23 bits per heavy atom. The summed E-state index contributed by atoms with van der Waals surface area (Å²) in [5.74, 6) is 8.00. The topological polar surface area (TPSA) is 187 Å². The maximum atomic E-state index is 10.3. The zero-order chi connectivity index (χ0) is 11.3. The molecule has 0 amide bonds. The smallest absolute Gasteiger partial charge is 0.343 e. The third-order valence-electron chi connectivity index (χ3n) is 0.940. The van der Waals surface area contributed by atoms with Crippen LogP contribution < -0.4 is 11.7 Å². The minimum atomic E-state index is -4.91. The number of aliphatic hydroxyl groups excluding tert-OH is 1. The van der Waals surface area contributed by atoms with Crippen molar-refractivity contribution in [2.75, 3.05) is 6.61 Å². The minimum Gasteiger partial charge on any atom is -0.395 e. The molecule has 0 saturated heterocycles. The molecule has 0 aromatic heterocycles. The van der Waals surface area contributed by atoms with Crippen LogP contribution >= 0.6 is 15.2 Å². The van der Waals surface area contributed by atoms with Gasteiger partial charge in [0.05, 0.1) is 6.61 Å². The molecule has 0 aliphatic heterocycles. The van der Waals surface area contributed by atoms with Crippen molar-refractivity contribution in [1.82, 2.24) is 0 Å². The van der Waals surface area contributed by atoms with E-state index in [1.54, 1.807) is 0 Å². The summed E-state index contributed by atoms with van der Waals surface area (Å²) in [7, 11) is -9.82. The van der Waals surface area contributed by atoms with Gasteiger partial charge in [-0.25, -0.2) is 0 Å². The zero-order valence-corrected chi connectivity index (χ0v) is 8.18. The first-order valence-electron chi connectivity index (χ1n) is 2.74. The SMILES string of the molecule is NN.O=P(O)(O)C(CO)P(=O)(O)O. The highest BCUT2D eigenvalue weighted by Crippen LogP contribution is 2.59. The van der Waals surface area contributed by atoms with Gasteiger partial charge in [-0.1, -0.05) is 0 Å². The molecule has 0 saturated carbocycles. The number of aliphatic hydroxyl groups is 1. The van der Waals surface area contributed by atoms with Crippen LogP contribution in [-0.4, -0.2) is 36.7 Å². The van der Waals surface area contributed by atoms with Gasteiger partial charge in [-0.05, 0) is 0 Å². The van der Waals surface area contributed by atoms with Gasteiger partial charge < -0.3 is 24.7 Å². The predicted octanol–water partition coefficient (Wildman–Crippen LogP) is -2.52. The lowest BCUT2D eigenvalue weighted by atomic mass is 10.9. The Kier molecular flexibility index (Phi) is 7.00. The van der Waals surface area contributed by atoms with E-state index in [0.717, 1.165) is 0 Å². The van der Waals surface area contributed by atoms with Crippen molar-refractivity contribution in [2.45, 2.75) is 5.40 Å². The zero-order valence-electron chi connectivity index (χ0n) is 6.39. The van der Waals surface area contributed by atoms with Gasteiger partial charge in [-0.2, -0.15) is 0 Å². The quantitative estimate of drug-likeness (QED) is 0.158. The summed E-state index contributed by atoms with van der Waals surface area (Å²) in [6.45, 7) is -1.24. The average molecular weight is 238 g/mol. The standard InChI is InChI=1S/C2H8O7P2.H4N2/c3-1-2(10(4,5)6)11(7,8)9;1-2/h2-3H,1H2,(H2,4,5,6)(H2,7,8,9);1-2H2. The lowest BCUT2D eigenvalue weighted by Gasteiger charge is -2.16. The lowest BCUT2D eigenvalue weighted by molar-refractivity contribution is 0.266. The van der Waals surface area contributed by atoms with Crippen LogP contribution in [-0.2, 0) is 9.13 Å². The molecule has 0 fully saturated rings. The van der Waals surface area contributed by atoms with Crippen LogP contribution in [0.2, 0.25) is 0 Å². The highest BCUT2D eigenvalue weighted by molar-refractivity contribution is 7.70. The number of nitrogens with two attached hydrogens (primary N) is 2. The van der Waals surface area contributed by atoms with Gasteiger partial charge >= 0.3 is 15.2 Å². The Hall–Kier alpha value is 0.180. The third-order valence-corrected chi connectivity index (χ3v) is 4.62. The molecule has 9 nitrogen and oxygen atoms in total. The summed E-state index contributed by atoms with van der Waals surface area (Å²) in [5.41, 5.74) is 0. The van der Waals surface area contributed by atoms with Crippen molar-refractivity contribution in [3.05, 3.63) is 0 Å². The molecule has 0 aliphatic carbocycles. The number of hydrogen-bond donors (Lipinski definition) is 7. The fourth-order valence-electron chi connectivity index (χ4n) is 0.409. The predicted molar refractivity (Wildman–Crippen MR) is 43.3 cm³/mol. The number of rotatable bonds is 3. The molecule has 0 aliphatic rings. The first kappa shape index (κ1) is 15.6. The van der Waals surface area contributed by atoms with Gasteiger partial charge in [0, 0.05) is 0 Å². The van der Waals surface area contributed by atoms with Gasteiger partial charge in [0.1, 0.15) is 0 Å². The van der Waals surface area contributed by atoms with Gasteiger partial charge in [0.25, 0.3) is 0 Å². The lowest BCUT2D eigenvalue weighted by Crippen LogP contribution is -2.13. The molecule has 0 bridgehead atoms. The van der Waals surface area contributed by atoms with Crippen LogP contribution in [0.1, 0.15) is 0 Å². The van der Waals surface area contributed by atoms with Crippen molar-refractivity contribution in [3.8, 4) is 0 Å². The van der Waals surface area contributed by atoms with E-state index in [9.17, 15) is 9.13 Å². The second-order valence-corrected chi connectivity index (χ2v) is 5.85. The maximum absolute atomic E-state index is 10.3. The molecule has 0 radical (unpaired) electrons. The van der Waals surface area contributed by atoms with E-state index in [4.69, 9.17) is 24.7 Å². The molecule has 0 unspecified atom stereocenters. The summed E-state index contributed by atoms with van der Waals surface area (Å²) in [5, 5.41) is 5.92. The van der Waals surface area contributed by atoms with Crippen molar-refractivity contribution in [3.63, 3.8) is 0 Å². The largest absolute Gasteiger partial charge is 0.395 e. The molecule has 0 aromatic rings. The Balaban J connectivity index is 0. The Labute approximate surface area is 73.7 Å². The van der Waals surface area contributed by atoms with Gasteiger partial charge in [-0.3, -0.25) is 20.8 Å². The molecule has 13 heavy (non-hydrogen) atoms. The molecular weight excluding hydrogens is 226 g/mol. The molecule has 0 rings (SSSR count). The second kappa shape index (κ2) is 5.82. The van der Waals surface area contributed by atoms with Crippen LogP contribution in [0.5, 0.6) is 0 Å². The van der Waals surface area contributed by atoms with Crippen LogP contribution in [0.3, 0.4) is 0 Å². The van der Waals surface area contributed by atoms with Crippen molar-refractivity contribution < 1.29 is 33.8 Å². The summed E-state index contributed by atoms with van der Waals surface area (Å²) in [4.78, 5) is 33.1. The van der Waals surface area contributed by atoms with Gasteiger partial charge in [0.2, 0.25) is 0 Å². The van der Waals surface area contributed by atoms with E-state index < -0.39 is 27.2 Å². The number of hydrazine groups is 1. The van der Waals surface area contributed by atoms with Crippen molar-refractivity contribution >= 4 is 15.2 Å². The van der Waals surface area contributed by atoms with Crippen molar-refractivity contribution in [2.24, 2.45) is 11.7 Å². The first-order valence-corrected chi connectivity index (χ1v) is 6.10. The van der Waals surface area contributed by atoms with Crippen LogP contribution in [0.25, 0.3) is 0 Å². The molecule has 0 aromatic carbocycles. The van der Waals surface area contributed by atoms with Crippen LogP contribution in [0.15, 0.2) is 0 Å². The molecule has 0 atom stereocenters. The third kappa shape index (κ3) is 6.28. The van der Waals surface area contributed by atoms with E-state index in [1.165, 1.54) is 0 Å². The van der Waals surface area contributed by atoms with E-state index in [0.29, 0.717) is 0 Å². The van der Waals surface area contributed by atoms with E-state index in [-0.39, 0.29) is 0 Å². The Morgan fingerprint density at radius 2 is 1.23 bits per heavy atom. The highest BCUT2D eigenvalue weighted by atomic mass is 31.2. The van der Waals surface area contributed by atoms with E-state index >= 15 is 0 Å². The Morgan fingerprint density at radius 1 is 1.00 bits per heavy atom. The van der Waals surface area contributed by atoms with Gasteiger partial charge in [-0.15, -0.1) is 0 Å². The summed E-state index contributed by atoms with van der Waals surface area (Å²) in [6.07, 6.45) is 0. The van der Waals surface area contributed by atoms with Crippen LogP contribution in [0.4, 0.5) is 0 Å². The van der Waals surface area contributed by atoms with E-state index in [1.807, 2.05) is 0 Å². The fraction of sp³-hybridized carbons (Fsp3) is 1.00. The minimum absolute atomic E-state index is 1.24. The Bertz CT molecular complexity index is 197. The molecule has 0 spiro atoms. The molecule has 82 valence electrons. The highest BCUT2D eigenvalue weighted by Gasteiger charge is 2.42.